The molecule has 2 aromatic carbocycles. The van der Waals surface area contributed by atoms with E-state index < -0.39 is 6.04 Å². The summed E-state index contributed by atoms with van der Waals surface area (Å²) in [5, 5.41) is 6.28. The zero-order chi connectivity index (χ0) is 17.6. The number of halogens is 1. The van der Waals surface area contributed by atoms with Crippen molar-refractivity contribution in [1.29, 1.82) is 0 Å². The van der Waals surface area contributed by atoms with Gasteiger partial charge in [0.1, 0.15) is 12.2 Å². The molecular weight excluding hydrogens is 382 g/mol. The number of hydrogen-bond donors (Lipinski definition) is 5. The van der Waals surface area contributed by atoms with Gasteiger partial charge in [-0.2, -0.15) is 5.53 Å². The van der Waals surface area contributed by atoms with Crippen LogP contribution in [0.5, 0.6) is 0 Å². The number of anilines is 1. The lowest BCUT2D eigenvalue weighted by Crippen LogP contribution is -2.50. The molecule has 1 aliphatic rings. The molecule has 0 radical (unpaired) electrons. The van der Waals surface area contributed by atoms with E-state index in [1.807, 2.05) is 36.4 Å². The molecule has 0 bridgehead atoms. The summed E-state index contributed by atoms with van der Waals surface area (Å²) in [6.07, 6.45) is 0.754. The summed E-state index contributed by atoms with van der Waals surface area (Å²) < 4.78 is 1.02. The van der Waals surface area contributed by atoms with Crippen LogP contribution in [0.25, 0.3) is 0 Å². The largest absolute Gasteiger partial charge is 0.367 e. The Balaban J connectivity index is 1.56. The van der Waals surface area contributed by atoms with Gasteiger partial charge in [0.15, 0.2) is 0 Å². The fraction of sp³-hybridized carbons (Fsp3) is 0.278. The summed E-state index contributed by atoms with van der Waals surface area (Å²) in [5.74, 6) is -0.0805. The first-order chi connectivity index (χ1) is 12.2. The van der Waals surface area contributed by atoms with Gasteiger partial charge in [-0.3, -0.25) is 4.79 Å². The molecular formula is C18H22BrN5O. The minimum Gasteiger partial charge on any atom is -0.367 e. The van der Waals surface area contributed by atoms with Gasteiger partial charge in [-0.1, -0.05) is 47.1 Å². The molecule has 132 valence electrons. The van der Waals surface area contributed by atoms with E-state index in [1.54, 1.807) is 0 Å². The van der Waals surface area contributed by atoms with Crippen LogP contribution in [-0.4, -0.2) is 18.1 Å². The van der Waals surface area contributed by atoms with Crippen LogP contribution in [0.1, 0.15) is 18.1 Å². The molecule has 1 amide bonds. The van der Waals surface area contributed by atoms with Crippen molar-refractivity contribution in [1.82, 2.24) is 21.7 Å². The van der Waals surface area contributed by atoms with Crippen LogP contribution in [0.4, 0.5) is 5.69 Å². The molecule has 5 N–H and O–H groups in total. The highest BCUT2D eigenvalue weighted by Crippen LogP contribution is 2.13. The molecule has 0 saturated carbocycles. The third-order valence-electron chi connectivity index (χ3n) is 4.14. The first-order valence-electron chi connectivity index (χ1n) is 8.29. The number of hydrogen-bond acceptors (Lipinski definition) is 5. The Morgan fingerprint density at radius 2 is 1.72 bits per heavy atom. The highest BCUT2D eigenvalue weighted by molar-refractivity contribution is 9.10. The number of benzene rings is 2. The van der Waals surface area contributed by atoms with Crippen LogP contribution in [-0.2, 0) is 17.8 Å². The van der Waals surface area contributed by atoms with Crippen molar-refractivity contribution in [3.8, 4) is 0 Å². The van der Waals surface area contributed by atoms with Gasteiger partial charge >= 0.3 is 0 Å². The number of hydrazine groups is 2. The first kappa shape index (κ1) is 17.9. The average molecular weight is 404 g/mol. The van der Waals surface area contributed by atoms with E-state index in [9.17, 15) is 4.79 Å². The van der Waals surface area contributed by atoms with E-state index in [-0.39, 0.29) is 12.1 Å². The van der Waals surface area contributed by atoms with Crippen LogP contribution < -0.4 is 27.0 Å². The minimum atomic E-state index is -0.429. The second kappa shape index (κ2) is 8.44. The third kappa shape index (κ3) is 4.79. The molecule has 1 aliphatic heterocycles. The molecule has 6 nitrogen and oxygen atoms in total. The van der Waals surface area contributed by atoms with Crippen molar-refractivity contribution in [3.63, 3.8) is 0 Å². The van der Waals surface area contributed by atoms with Crippen molar-refractivity contribution < 1.29 is 4.79 Å². The Hall–Kier alpha value is -1.93. The Bertz CT molecular complexity index is 704. The summed E-state index contributed by atoms with van der Waals surface area (Å²) in [6, 6.07) is 15.7. The van der Waals surface area contributed by atoms with Crippen LogP contribution in [0.2, 0.25) is 0 Å². The van der Waals surface area contributed by atoms with Gasteiger partial charge in [0.05, 0.1) is 0 Å². The van der Waals surface area contributed by atoms with E-state index in [1.165, 1.54) is 5.56 Å². The van der Waals surface area contributed by atoms with Crippen molar-refractivity contribution >= 4 is 27.5 Å². The summed E-state index contributed by atoms with van der Waals surface area (Å²) in [6.45, 7) is 2.61. The standard InChI is InChI=1S/C18H22BrN5O/c1-2-12-5-9-15(10-6-12)21-17-16(22-24-23-17)18(25)20-11-13-3-7-14(19)8-4-13/h3-10,16-17,21-24H,2,11H2,1H3,(H,20,25). The minimum absolute atomic E-state index is 0.0805. The smallest absolute Gasteiger partial charge is 0.242 e. The molecule has 0 aromatic heterocycles. The maximum atomic E-state index is 12.5. The van der Waals surface area contributed by atoms with Gasteiger partial charge < -0.3 is 10.6 Å². The molecule has 0 spiro atoms. The van der Waals surface area contributed by atoms with Gasteiger partial charge in [-0.25, -0.2) is 10.9 Å². The van der Waals surface area contributed by atoms with Crippen molar-refractivity contribution in [3.05, 3.63) is 64.1 Å². The summed E-state index contributed by atoms with van der Waals surface area (Å²) in [7, 11) is 0. The van der Waals surface area contributed by atoms with Gasteiger partial charge in [0, 0.05) is 16.7 Å². The number of rotatable bonds is 6. The van der Waals surface area contributed by atoms with E-state index in [2.05, 4.69) is 62.0 Å². The predicted octanol–water partition coefficient (Wildman–Crippen LogP) is 2.05. The first-order valence-corrected chi connectivity index (χ1v) is 9.08. The second-order valence-corrected chi connectivity index (χ2v) is 6.82. The number of carbonyl (C=O) groups is 1. The van der Waals surface area contributed by atoms with Gasteiger partial charge in [0.25, 0.3) is 0 Å². The van der Waals surface area contributed by atoms with E-state index in [0.29, 0.717) is 6.54 Å². The van der Waals surface area contributed by atoms with Crippen LogP contribution >= 0.6 is 15.9 Å². The summed E-state index contributed by atoms with van der Waals surface area (Å²) in [4.78, 5) is 12.5. The lowest BCUT2D eigenvalue weighted by Gasteiger charge is -2.20. The summed E-state index contributed by atoms with van der Waals surface area (Å²) in [5.41, 5.74) is 12.1. The number of aryl methyl sites for hydroxylation is 1. The van der Waals surface area contributed by atoms with Crippen molar-refractivity contribution in [2.24, 2.45) is 0 Å². The number of nitrogens with one attached hydrogen (secondary N) is 5. The normalized spacial score (nSPS) is 19.6. The third-order valence-corrected chi connectivity index (χ3v) is 4.66. The predicted molar refractivity (Wildman–Crippen MR) is 102 cm³/mol. The zero-order valence-corrected chi connectivity index (χ0v) is 15.6. The molecule has 0 aliphatic carbocycles. The molecule has 2 aromatic rings. The molecule has 2 unspecified atom stereocenters. The second-order valence-electron chi connectivity index (χ2n) is 5.91. The molecule has 25 heavy (non-hydrogen) atoms. The van der Waals surface area contributed by atoms with E-state index >= 15 is 0 Å². The van der Waals surface area contributed by atoms with Crippen LogP contribution in [0.15, 0.2) is 53.0 Å². The highest BCUT2D eigenvalue weighted by Gasteiger charge is 2.32. The fourth-order valence-electron chi connectivity index (χ4n) is 2.62. The van der Waals surface area contributed by atoms with Gasteiger partial charge in [-0.05, 0) is 41.8 Å². The van der Waals surface area contributed by atoms with Crippen LogP contribution in [0.3, 0.4) is 0 Å². The lowest BCUT2D eigenvalue weighted by atomic mass is 10.1. The number of carbonyl (C=O) groups excluding carboxylic acids is 1. The van der Waals surface area contributed by atoms with Gasteiger partial charge in [-0.15, -0.1) is 0 Å². The Morgan fingerprint density at radius 1 is 1.04 bits per heavy atom. The summed E-state index contributed by atoms with van der Waals surface area (Å²) >= 11 is 3.41. The number of amides is 1. The zero-order valence-electron chi connectivity index (χ0n) is 14.0. The van der Waals surface area contributed by atoms with E-state index in [4.69, 9.17) is 0 Å². The van der Waals surface area contributed by atoms with E-state index in [0.717, 1.165) is 22.1 Å². The van der Waals surface area contributed by atoms with Gasteiger partial charge in [0.2, 0.25) is 5.91 Å². The topological polar surface area (TPSA) is 77.2 Å². The molecule has 1 saturated heterocycles. The molecule has 3 rings (SSSR count). The lowest BCUT2D eigenvalue weighted by molar-refractivity contribution is -0.123. The van der Waals surface area contributed by atoms with Crippen molar-refractivity contribution in [2.75, 3.05) is 5.32 Å². The maximum Gasteiger partial charge on any atom is 0.242 e. The highest BCUT2D eigenvalue weighted by atomic mass is 79.9. The van der Waals surface area contributed by atoms with Crippen LogP contribution in [0, 0.1) is 0 Å². The SMILES string of the molecule is CCc1ccc(NC2NNNC2C(=O)NCc2ccc(Br)cc2)cc1. The maximum absolute atomic E-state index is 12.5. The molecule has 7 heteroatoms. The monoisotopic (exact) mass is 403 g/mol. The molecule has 2 atom stereocenters. The molecule has 1 fully saturated rings. The Morgan fingerprint density at radius 3 is 2.40 bits per heavy atom. The molecule has 1 heterocycles. The Labute approximate surface area is 155 Å². The fourth-order valence-corrected chi connectivity index (χ4v) is 2.88. The van der Waals surface area contributed by atoms with Crippen molar-refractivity contribution in [2.45, 2.75) is 32.1 Å². The average Bonchev–Trinajstić information content (AvgIpc) is 3.10. The Kier molecular flexibility index (Phi) is 6.04. The quantitative estimate of drug-likeness (QED) is 0.510.